The summed E-state index contributed by atoms with van der Waals surface area (Å²) >= 11 is 4.23. The van der Waals surface area contributed by atoms with Gasteiger partial charge < -0.3 is 29.2 Å². The van der Waals surface area contributed by atoms with Crippen molar-refractivity contribution in [3.05, 3.63) is 0 Å². The second-order valence-corrected chi connectivity index (χ2v) is 7.43. The lowest BCUT2D eigenvalue weighted by atomic mass is 10.1. The van der Waals surface area contributed by atoms with Crippen molar-refractivity contribution >= 4 is 12.6 Å². The van der Waals surface area contributed by atoms with Gasteiger partial charge in [-0.3, -0.25) is 0 Å². The molecular formula is C21H44O6S. The average molecular weight is 425 g/mol. The van der Waals surface area contributed by atoms with Gasteiger partial charge in [-0.1, -0.05) is 51.4 Å². The maximum atomic E-state index is 9.91. The maximum Gasteiger partial charge on any atom is 0.0773 e. The monoisotopic (exact) mass is 424 g/mol. The van der Waals surface area contributed by atoms with Crippen LogP contribution in [0.15, 0.2) is 0 Å². The van der Waals surface area contributed by atoms with E-state index in [9.17, 15) is 5.11 Å². The number of hydrogen-bond donors (Lipinski definition) is 3. The van der Waals surface area contributed by atoms with E-state index in [0.29, 0.717) is 52.9 Å². The van der Waals surface area contributed by atoms with Gasteiger partial charge in [0.15, 0.2) is 0 Å². The van der Waals surface area contributed by atoms with Crippen LogP contribution in [0.4, 0.5) is 0 Å². The van der Waals surface area contributed by atoms with Crippen LogP contribution in [0.5, 0.6) is 0 Å². The predicted molar refractivity (Wildman–Crippen MR) is 116 cm³/mol. The van der Waals surface area contributed by atoms with Gasteiger partial charge in [-0.05, 0) is 18.6 Å². The van der Waals surface area contributed by atoms with Crippen LogP contribution in [0.2, 0.25) is 0 Å². The third kappa shape index (κ3) is 24.1. The quantitative estimate of drug-likeness (QED) is 0.163. The van der Waals surface area contributed by atoms with Crippen LogP contribution < -0.4 is 0 Å². The Labute approximate surface area is 177 Å². The van der Waals surface area contributed by atoms with E-state index >= 15 is 0 Å². The molecule has 0 aliphatic heterocycles. The van der Waals surface area contributed by atoms with E-state index in [4.69, 9.17) is 24.1 Å². The fraction of sp³-hybridized carbons (Fsp3) is 1.00. The molecule has 0 bridgehead atoms. The highest BCUT2D eigenvalue weighted by atomic mass is 32.1. The normalized spacial score (nSPS) is 12.5. The van der Waals surface area contributed by atoms with Crippen LogP contribution in [0.1, 0.15) is 64.2 Å². The highest BCUT2D eigenvalue weighted by molar-refractivity contribution is 7.80. The predicted octanol–water partition coefficient (Wildman–Crippen LogP) is 3.24. The van der Waals surface area contributed by atoms with Crippen LogP contribution >= 0.6 is 12.6 Å². The summed E-state index contributed by atoms with van der Waals surface area (Å²) in [5.41, 5.74) is 0. The lowest BCUT2D eigenvalue weighted by molar-refractivity contribution is -0.0197. The molecule has 0 aromatic carbocycles. The molecule has 6 nitrogen and oxygen atoms in total. The molecule has 7 heteroatoms. The summed E-state index contributed by atoms with van der Waals surface area (Å²) in [5, 5.41) is 18.5. The Balaban J connectivity index is 3.12. The molecule has 0 aromatic heterocycles. The van der Waals surface area contributed by atoms with Gasteiger partial charge in [0.2, 0.25) is 0 Å². The molecule has 0 amide bonds. The molecule has 0 radical (unpaired) electrons. The minimum Gasteiger partial charge on any atom is -0.394 e. The molecule has 28 heavy (non-hydrogen) atoms. The van der Waals surface area contributed by atoms with Gasteiger partial charge in [-0.15, -0.1) is 0 Å². The Kier molecular flexibility index (Phi) is 25.2. The minimum atomic E-state index is -0.372. The van der Waals surface area contributed by atoms with Crippen LogP contribution in [-0.2, 0) is 18.9 Å². The number of unbranched alkanes of at least 4 members (excludes halogenated alkanes) is 8. The third-order valence-electron chi connectivity index (χ3n) is 4.36. The van der Waals surface area contributed by atoms with Crippen LogP contribution in [0.3, 0.4) is 0 Å². The number of aliphatic hydroxyl groups excluding tert-OH is 2. The van der Waals surface area contributed by atoms with Gasteiger partial charge in [0, 0.05) is 0 Å². The molecule has 0 fully saturated rings. The minimum absolute atomic E-state index is 0.0369. The van der Waals surface area contributed by atoms with Crippen molar-refractivity contribution in [1.82, 2.24) is 0 Å². The van der Waals surface area contributed by atoms with Gasteiger partial charge in [0.25, 0.3) is 0 Å². The van der Waals surface area contributed by atoms with E-state index in [0.717, 1.165) is 18.6 Å². The first kappa shape index (κ1) is 28.1. The molecule has 0 heterocycles. The van der Waals surface area contributed by atoms with Gasteiger partial charge in [0.05, 0.1) is 65.6 Å². The van der Waals surface area contributed by atoms with Crippen molar-refractivity contribution < 1.29 is 29.2 Å². The van der Waals surface area contributed by atoms with Crippen molar-refractivity contribution in [2.75, 3.05) is 65.2 Å². The van der Waals surface area contributed by atoms with Crippen molar-refractivity contribution in [2.45, 2.75) is 70.3 Å². The second kappa shape index (κ2) is 25.1. The van der Waals surface area contributed by atoms with E-state index in [1.807, 2.05) is 0 Å². The molecule has 0 saturated heterocycles. The van der Waals surface area contributed by atoms with Crippen molar-refractivity contribution in [2.24, 2.45) is 0 Å². The van der Waals surface area contributed by atoms with Gasteiger partial charge in [-0.2, -0.15) is 12.6 Å². The Morgan fingerprint density at radius 1 is 0.571 bits per heavy atom. The SMILES string of the molecule is OCCOCCOCCOCCOCC(O)CCCCCCCCCCCS. The van der Waals surface area contributed by atoms with Crippen molar-refractivity contribution in [3.8, 4) is 0 Å². The molecule has 2 N–H and O–H groups in total. The molecule has 0 aliphatic carbocycles. The fourth-order valence-electron chi connectivity index (χ4n) is 2.76. The Morgan fingerprint density at radius 3 is 1.50 bits per heavy atom. The zero-order valence-corrected chi connectivity index (χ0v) is 18.6. The van der Waals surface area contributed by atoms with Gasteiger partial charge in [0.1, 0.15) is 0 Å². The van der Waals surface area contributed by atoms with Crippen LogP contribution in [0.25, 0.3) is 0 Å². The zero-order chi connectivity index (χ0) is 20.5. The molecule has 0 spiro atoms. The summed E-state index contributed by atoms with van der Waals surface area (Å²) in [6.45, 7) is 3.78. The lowest BCUT2D eigenvalue weighted by Gasteiger charge is -2.11. The molecule has 170 valence electrons. The number of aliphatic hydroxyl groups is 2. The van der Waals surface area contributed by atoms with Gasteiger partial charge >= 0.3 is 0 Å². The topological polar surface area (TPSA) is 77.4 Å². The van der Waals surface area contributed by atoms with E-state index in [2.05, 4.69) is 12.6 Å². The summed E-state index contributed by atoms with van der Waals surface area (Å²) in [7, 11) is 0. The van der Waals surface area contributed by atoms with Crippen molar-refractivity contribution in [3.63, 3.8) is 0 Å². The summed E-state index contributed by atoms with van der Waals surface area (Å²) in [6, 6.07) is 0. The first-order chi connectivity index (χ1) is 13.8. The van der Waals surface area contributed by atoms with Crippen molar-refractivity contribution in [1.29, 1.82) is 0 Å². The number of thiol groups is 1. The standard InChI is InChI=1S/C21H44O6S/c22-11-12-24-13-14-25-15-16-26-17-18-27-20-21(23)10-8-6-4-2-1-3-5-7-9-19-28/h21-23,28H,1-20H2. The van der Waals surface area contributed by atoms with E-state index in [1.54, 1.807) is 0 Å². The zero-order valence-electron chi connectivity index (χ0n) is 17.7. The molecular weight excluding hydrogens is 380 g/mol. The number of hydrogen-bond acceptors (Lipinski definition) is 7. The molecule has 0 aromatic rings. The first-order valence-electron chi connectivity index (χ1n) is 11.0. The van der Waals surface area contributed by atoms with Crippen LogP contribution in [-0.4, -0.2) is 81.5 Å². The summed E-state index contributed by atoms with van der Waals surface area (Å²) < 4.78 is 21.2. The number of ether oxygens (including phenoxy) is 4. The Hall–Kier alpha value is 0.110. The second-order valence-electron chi connectivity index (χ2n) is 6.98. The largest absolute Gasteiger partial charge is 0.394 e. The van der Waals surface area contributed by atoms with Gasteiger partial charge in [-0.25, -0.2) is 0 Å². The highest BCUT2D eigenvalue weighted by Gasteiger charge is 2.04. The molecule has 0 saturated carbocycles. The Bertz CT molecular complexity index is 284. The molecule has 0 rings (SSSR count). The third-order valence-corrected chi connectivity index (χ3v) is 4.67. The Morgan fingerprint density at radius 2 is 1.00 bits per heavy atom. The summed E-state index contributed by atoms with van der Waals surface area (Å²) in [4.78, 5) is 0. The summed E-state index contributed by atoms with van der Waals surface area (Å²) in [5.74, 6) is 1.01. The molecule has 1 unspecified atom stereocenters. The van der Waals surface area contributed by atoms with E-state index in [-0.39, 0.29) is 12.7 Å². The van der Waals surface area contributed by atoms with E-state index in [1.165, 1.54) is 51.4 Å². The molecule has 1 atom stereocenters. The average Bonchev–Trinajstić information content (AvgIpc) is 2.70. The fourth-order valence-corrected chi connectivity index (χ4v) is 2.98. The smallest absolute Gasteiger partial charge is 0.0773 e. The highest BCUT2D eigenvalue weighted by Crippen LogP contribution is 2.11. The molecule has 0 aliphatic rings. The van der Waals surface area contributed by atoms with E-state index < -0.39 is 0 Å². The maximum absolute atomic E-state index is 9.91. The first-order valence-corrected chi connectivity index (χ1v) is 11.6. The summed E-state index contributed by atoms with van der Waals surface area (Å²) in [6.07, 6.45) is 11.9. The number of rotatable bonds is 24. The van der Waals surface area contributed by atoms with Crippen LogP contribution in [0, 0.1) is 0 Å². The lowest BCUT2D eigenvalue weighted by Crippen LogP contribution is -2.18.